The molecule has 6 rings (SSSR count). The lowest BCUT2D eigenvalue weighted by Crippen LogP contribution is -2.52. The monoisotopic (exact) mass is 639 g/mol. The number of para-hydroxylation sites is 1. The summed E-state index contributed by atoms with van der Waals surface area (Å²) in [6, 6.07) is 11.6. The molecule has 0 unspecified atom stereocenters. The molecule has 4 heterocycles. The van der Waals surface area contributed by atoms with Gasteiger partial charge in [-0.25, -0.2) is 13.9 Å². The van der Waals surface area contributed by atoms with Crippen molar-refractivity contribution < 1.29 is 17.7 Å². The van der Waals surface area contributed by atoms with E-state index in [1.807, 2.05) is 6.92 Å². The zero-order valence-electron chi connectivity index (χ0n) is 25.2. The molecule has 2 aromatic carbocycles. The molecule has 0 radical (unpaired) electrons. The number of aryl methyl sites for hydroxylation is 1. The number of hydrogen-bond acceptors (Lipinski definition) is 9. The van der Waals surface area contributed by atoms with Gasteiger partial charge >= 0.3 is 10.3 Å². The third-order valence-electron chi connectivity index (χ3n) is 8.63. The molecule has 4 aromatic rings. The molecule has 2 aromatic heterocycles. The molecule has 234 valence electrons. The van der Waals surface area contributed by atoms with E-state index in [0.29, 0.717) is 46.2 Å². The number of piperazine rings is 1. The van der Waals surface area contributed by atoms with E-state index < -0.39 is 10.3 Å². The summed E-state index contributed by atoms with van der Waals surface area (Å²) in [7, 11) is -2.34. The molecule has 0 amide bonds. The fourth-order valence-electron chi connectivity index (χ4n) is 6.32. The van der Waals surface area contributed by atoms with Crippen LogP contribution in [0.15, 0.2) is 48.8 Å². The van der Waals surface area contributed by atoms with Crippen LogP contribution in [0, 0.1) is 6.92 Å². The van der Waals surface area contributed by atoms with Crippen LogP contribution < -0.4 is 15.0 Å². The number of benzene rings is 2. The Kier molecular flexibility index (Phi) is 8.71. The molecule has 2 N–H and O–H groups in total. The van der Waals surface area contributed by atoms with Crippen LogP contribution >= 0.6 is 11.6 Å². The summed E-state index contributed by atoms with van der Waals surface area (Å²) in [4.78, 5) is 16.6. The highest BCUT2D eigenvalue weighted by atomic mass is 35.5. The van der Waals surface area contributed by atoms with Gasteiger partial charge < -0.3 is 19.9 Å². The fraction of sp³-hybridized carbons (Fsp3) is 0.419. The third-order valence-corrected chi connectivity index (χ3v) is 9.71. The van der Waals surface area contributed by atoms with Crippen LogP contribution in [0.1, 0.15) is 25.3 Å². The van der Waals surface area contributed by atoms with E-state index in [4.69, 9.17) is 16.3 Å². The van der Waals surface area contributed by atoms with Gasteiger partial charge in [-0.2, -0.15) is 8.42 Å². The molecule has 0 spiro atoms. The van der Waals surface area contributed by atoms with Gasteiger partial charge in [-0.1, -0.05) is 29.8 Å². The molecule has 44 heavy (non-hydrogen) atoms. The van der Waals surface area contributed by atoms with Gasteiger partial charge in [0.1, 0.15) is 5.75 Å². The second-order valence-corrected chi connectivity index (χ2v) is 13.2. The Morgan fingerprint density at radius 2 is 1.82 bits per heavy atom. The summed E-state index contributed by atoms with van der Waals surface area (Å²) in [6.45, 7) is 11.1. The molecule has 13 heteroatoms. The number of halogens is 1. The standard InChI is InChI=1S/C31H38ClN7O4S/c1-4-43-29-18-28(38-11-9-22(10-12-38)37-15-13-36(3)14-16-37)21(2)17-26(29)34-31-33-19-25(32)30(35-31)24-20-39(44(40,41)42)27-8-6-5-7-23(24)27/h5-8,17-20,22H,4,9-16H2,1-3H3,(H,33,34,35)(H,40,41,42). The second-order valence-electron chi connectivity index (χ2n) is 11.5. The van der Waals surface area contributed by atoms with E-state index in [9.17, 15) is 13.0 Å². The second kappa shape index (κ2) is 12.5. The van der Waals surface area contributed by atoms with Gasteiger partial charge in [0, 0.05) is 74.2 Å². The molecule has 0 aliphatic carbocycles. The van der Waals surface area contributed by atoms with Gasteiger partial charge in [0.15, 0.2) is 0 Å². The number of hydrogen-bond donors (Lipinski definition) is 2. The van der Waals surface area contributed by atoms with Gasteiger partial charge in [-0.05, 0) is 51.4 Å². The Labute approximate surface area is 263 Å². The molecule has 11 nitrogen and oxygen atoms in total. The van der Waals surface area contributed by atoms with Crippen molar-refractivity contribution in [1.29, 1.82) is 0 Å². The number of nitrogens with one attached hydrogen (secondary N) is 1. The summed E-state index contributed by atoms with van der Waals surface area (Å²) in [6.07, 6.45) is 5.07. The van der Waals surface area contributed by atoms with E-state index in [0.717, 1.165) is 67.3 Å². The Hall–Kier alpha value is -3.42. The van der Waals surface area contributed by atoms with Gasteiger partial charge in [0.2, 0.25) is 5.95 Å². The number of aromatic nitrogens is 3. The Balaban J connectivity index is 1.26. The number of likely N-dealkylation sites (N-methyl/N-ethyl adjacent to an activating group) is 1. The maximum atomic E-state index is 12.1. The first kappa shape index (κ1) is 30.6. The normalized spacial score (nSPS) is 17.3. The van der Waals surface area contributed by atoms with Gasteiger partial charge in [0.25, 0.3) is 0 Å². The van der Waals surface area contributed by atoms with Gasteiger partial charge in [-0.15, -0.1) is 0 Å². The number of rotatable bonds is 8. The van der Waals surface area contributed by atoms with Crippen molar-refractivity contribution >= 4 is 50.1 Å². The van der Waals surface area contributed by atoms with Crippen molar-refractivity contribution in [1.82, 2.24) is 23.7 Å². The first-order chi connectivity index (χ1) is 21.1. The lowest BCUT2D eigenvalue weighted by Gasteiger charge is -2.43. The first-order valence-corrected chi connectivity index (χ1v) is 16.7. The van der Waals surface area contributed by atoms with Crippen LogP contribution in [0.4, 0.5) is 17.3 Å². The zero-order chi connectivity index (χ0) is 31.0. The van der Waals surface area contributed by atoms with Crippen LogP contribution in [0.25, 0.3) is 22.2 Å². The number of nitrogens with zero attached hydrogens (tertiary/aromatic N) is 6. The minimum absolute atomic E-state index is 0.241. The average Bonchev–Trinajstić information content (AvgIpc) is 3.40. The largest absolute Gasteiger partial charge is 0.492 e. The van der Waals surface area contributed by atoms with Crippen LogP contribution in [0.2, 0.25) is 5.02 Å². The number of anilines is 3. The summed E-state index contributed by atoms with van der Waals surface area (Å²) >= 11 is 6.53. The minimum atomic E-state index is -4.54. The molecule has 2 saturated heterocycles. The highest BCUT2D eigenvalue weighted by molar-refractivity contribution is 7.84. The SMILES string of the molecule is CCOc1cc(N2CCC(N3CCN(C)CC3)CC2)c(C)cc1Nc1ncc(Cl)c(-c2cn(S(=O)(=O)O)c3ccccc23)n1. The lowest BCUT2D eigenvalue weighted by molar-refractivity contribution is 0.0982. The number of piperidine rings is 1. The summed E-state index contributed by atoms with van der Waals surface area (Å²) in [5.41, 5.74) is 4.08. The molecular weight excluding hydrogens is 602 g/mol. The van der Waals surface area contributed by atoms with E-state index in [1.165, 1.54) is 12.4 Å². The van der Waals surface area contributed by atoms with Crippen molar-refractivity contribution in [3.63, 3.8) is 0 Å². The molecule has 0 atom stereocenters. The molecule has 2 fully saturated rings. The van der Waals surface area contributed by atoms with E-state index >= 15 is 0 Å². The van der Waals surface area contributed by atoms with Crippen molar-refractivity contribution in [2.45, 2.75) is 32.7 Å². The van der Waals surface area contributed by atoms with Gasteiger partial charge in [-0.3, -0.25) is 9.45 Å². The Bertz CT molecular complexity index is 1760. The quantitative estimate of drug-likeness (QED) is 0.253. The average molecular weight is 640 g/mol. The summed E-state index contributed by atoms with van der Waals surface area (Å²) < 4.78 is 40.8. The van der Waals surface area contributed by atoms with Crippen molar-refractivity contribution in [3.05, 3.63) is 59.4 Å². The molecule has 0 saturated carbocycles. The fourth-order valence-corrected chi connectivity index (χ4v) is 7.16. The first-order valence-electron chi connectivity index (χ1n) is 15.0. The van der Waals surface area contributed by atoms with Crippen LogP contribution in [-0.4, -0.2) is 95.7 Å². The van der Waals surface area contributed by atoms with E-state index in [-0.39, 0.29) is 11.0 Å². The maximum Gasteiger partial charge on any atom is 0.363 e. The summed E-state index contributed by atoms with van der Waals surface area (Å²) in [5.74, 6) is 0.964. The molecule has 2 aliphatic heterocycles. The highest BCUT2D eigenvalue weighted by Crippen LogP contribution is 2.38. The van der Waals surface area contributed by atoms with Crippen LogP contribution in [0.3, 0.4) is 0 Å². The van der Waals surface area contributed by atoms with Crippen molar-refractivity contribution in [3.8, 4) is 17.0 Å². The summed E-state index contributed by atoms with van der Waals surface area (Å²) in [5, 5.41) is 4.11. The number of fused-ring (bicyclic) bond motifs is 1. The van der Waals surface area contributed by atoms with Crippen LogP contribution in [0.5, 0.6) is 5.75 Å². The smallest absolute Gasteiger partial charge is 0.363 e. The van der Waals surface area contributed by atoms with Crippen molar-refractivity contribution in [2.24, 2.45) is 0 Å². The van der Waals surface area contributed by atoms with Gasteiger partial charge in [0.05, 0.1) is 34.7 Å². The van der Waals surface area contributed by atoms with E-state index in [2.05, 4.69) is 56.1 Å². The Morgan fingerprint density at radius 3 is 2.52 bits per heavy atom. The Morgan fingerprint density at radius 1 is 1.09 bits per heavy atom. The highest BCUT2D eigenvalue weighted by Gasteiger charge is 2.28. The van der Waals surface area contributed by atoms with Crippen LogP contribution in [-0.2, 0) is 10.3 Å². The minimum Gasteiger partial charge on any atom is -0.492 e. The molecular formula is C31H38ClN7O4S. The predicted octanol–water partition coefficient (Wildman–Crippen LogP) is 5.07. The van der Waals surface area contributed by atoms with Crippen molar-refractivity contribution in [2.75, 3.05) is 63.1 Å². The lowest BCUT2D eigenvalue weighted by atomic mass is 10.0. The number of ether oxygens (including phenoxy) is 1. The molecule has 2 aliphatic rings. The topological polar surface area (TPSA) is 116 Å². The maximum absolute atomic E-state index is 12.1. The zero-order valence-corrected chi connectivity index (χ0v) is 26.8. The predicted molar refractivity (Wildman–Crippen MR) is 175 cm³/mol. The van der Waals surface area contributed by atoms with E-state index in [1.54, 1.807) is 24.3 Å². The third kappa shape index (κ3) is 6.22. The molecule has 0 bridgehead atoms.